The van der Waals surface area contributed by atoms with Gasteiger partial charge in [0.2, 0.25) is 0 Å². The molecule has 11 heavy (non-hydrogen) atoms. The summed E-state index contributed by atoms with van der Waals surface area (Å²) in [5.41, 5.74) is 0.559. The van der Waals surface area contributed by atoms with Crippen molar-refractivity contribution in [2.24, 2.45) is 0 Å². The van der Waals surface area contributed by atoms with Crippen LogP contribution in [-0.2, 0) is 14.0 Å². The van der Waals surface area contributed by atoms with E-state index in [0.717, 1.165) is 16.9 Å². The highest BCUT2D eigenvalue weighted by atomic mass is 32.2. The van der Waals surface area contributed by atoms with Gasteiger partial charge in [0.1, 0.15) is 0 Å². The Balaban J connectivity index is 2.90. The highest BCUT2D eigenvalue weighted by Gasteiger charge is 2.22. The summed E-state index contributed by atoms with van der Waals surface area (Å²) in [6.45, 7) is 3.62. The molecule has 0 spiro atoms. The lowest BCUT2D eigenvalue weighted by Crippen LogP contribution is -2.12. The summed E-state index contributed by atoms with van der Waals surface area (Å²) >= 11 is 1.05. The number of hydrogen-bond acceptors (Lipinski definition) is 4. The molecule has 0 saturated carbocycles. The van der Waals surface area contributed by atoms with E-state index in [1.54, 1.807) is 19.1 Å². The van der Waals surface area contributed by atoms with Gasteiger partial charge in [-0.3, -0.25) is 4.89 Å². The van der Waals surface area contributed by atoms with E-state index in [2.05, 4.69) is 9.22 Å². The zero-order valence-electron chi connectivity index (χ0n) is 6.29. The van der Waals surface area contributed by atoms with Crippen molar-refractivity contribution < 1.29 is 14.0 Å². The molecular weight excluding hydrogens is 164 g/mol. The third-order valence-corrected chi connectivity index (χ3v) is 2.04. The second-order valence-electron chi connectivity index (χ2n) is 1.88. The topological polar surface area (TPSA) is 35.5 Å². The van der Waals surface area contributed by atoms with Crippen molar-refractivity contribution in [1.29, 1.82) is 0 Å². The van der Waals surface area contributed by atoms with Gasteiger partial charge in [0.15, 0.2) is 0 Å². The minimum Gasteiger partial charge on any atom is -0.280 e. The first-order chi connectivity index (χ1) is 5.29. The van der Waals surface area contributed by atoms with Crippen LogP contribution in [0, 0.1) is 0 Å². The van der Waals surface area contributed by atoms with Gasteiger partial charge in [-0.05, 0) is 13.8 Å². The molecule has 0 unspecified atom stereocenters. The molecule has 1 aliphatic rings. The molecule has 4 heteroatoms. The molecule has 0 N–H and O–H groups in total. The molecule has 0 amide bonds. The van der Waals surface area contributed by atoms with Crippen molar-refractivity contribution >= 4 is 18.0 Å². The molecule has 0 aromatic carbocycles. The number of carbonyl (C=O) groups excluding carboxylic acids is 1. The first-order valence-electron chi connectivity index (χ1n) is 3.18. The predicted octanol–water partition coefficient (Wildman–Crippen LogP) is 1.97. The molecule has 0 atom stereocenters. The molecule has 1 fully saturated rings. The van der Waals surface area contributed by atoms with Crippen LogP contribution in [0.25, 0.3) is 0 Å². The SMILES string of the molecule is C/C=C1/C(=O)OOS/C1=C/C. The number of carbonyl (C=O) groups is 1. The Morgan fingerprint density at radius 1 is 1.36 bits per heavy atom. The Morgan fingerprint density at radius 2 is 2.09 bits per heavy atom. The van der Waals surface area contributed by atoms with Crippen molar-refractivity contribution in [2.75, 3.05) is 0 Å². The molecule has 0 radical (unpaired) electrons. The second-order valence-corrected chi connectivity index (χ2v) is 2.62. The standard InChI is InChI=1S/C7H8O3S/c1-3-5-6(4-2)11-10-9-7(5)8/h3-4H,1-2H3/b5-3+,6-4+. The quantitative estimate of drug-likeness (QED) is 0.318. The summed E-state index contributed by atoms with van der Waals surface area (Å²) in [5.74, 6) is -0.431. The third-order valence-electron chi connectivity index (χ3n) is 1.27. The lowest BCUT2D eigenvalue weighted by Gasteiger charge is -2.13. The van der Waals surface area contributed by atoms with Gasteiger partial charge in [-0.2, -0.15) is 0 Å². The van der Waals surface area contributed by atoms with Gasteiger partial charge in [0.05, 0.1) is 17.6 Å². The van der Waals surface area contributed by atoms with Crippen LogP contribution in [0.3, 0.4) is 0 Å². The first-order valence-corrected chi connectivity index (χ1v) is 3.92. The number of rotatable bonds is 0. The Morgan fingerprint density at radius 3 is 2.55 bits per heavy atom. The summed E-state index contributed by atoms with van der Waals surface area (Å²) in [6.07, 6.45) is 3.51. The lowest BCUT2D eigenvalue weighted by atomic mass is 10.2. The van der Waals surface area contributed by atoms with Crippen LogP contribution in [0.4, 0.5) is 0 Å². The van der Waals surface area contributed by atoms with Gasteiger partial charge in [-0.25, -0.2) is 4.79 Å². The number of allylic oxidation sites excluding steroid dienone is 2. The van der Waals surface area contributed by atoms with E-state index in [9.17, 15) is 4.79 Å². The minimum absolute atomic E-state index is 0.431. The molecule has 0 aromatic rings. The summed E-state index contributed by atoms with van der Waals surface area (Å²) in [6, 6.07) is 0. The minimum atomic E-state index is -0.431. The third kappa shape index (κ3) is 1.64. The molecule has 1 saturated heterocycles. The molecule has 0 aromatic heterocycles. The Kier molecular flexibility index (Phi) is 2.73. The van der Waals surface area contributed by atoms with Crippen molar-refractivity contribution in [3.8, 4) is 0 Å². The first kappa shape index (κ1) is 8.36. The predicted molar refractivity (Wildman–Crippen MR) is 42.3 cm³/mol. The average molecular weight is 172 g/mol. The maximum absolute atomic E-state index is 10.9. The van der Waals surface area contributed by atoms with Crippen LogP contribution in [0.5, 0.6) is 0 Å². The lowest BCUT2D eigenvalue weighted by molar-refractivity contribution is -0.202. The summed E-state index contributed by atoms with van der Waals surface area (Å²) in [4.78, 5) is 16.0. The Bertz CT molecular complexity index is 230. The van der Waals surface area contributed by atoms with Crippen molar-refractivity contribution in [1.82, 2.24) is 0 Å². The fraction of sp³-hybridized carbons (Fsp3) is 0.286. The largest absolute Gasteiger partial charge is 0.375 e. The summed E-state index contributed by atoms with van der Waals surface area (Å²) in [7, 11) is 0. The van der Waals surface area contributed by atoms with Crippen LogP contribution in [0.1, 0.15) is 13.8 Å². The van der Waals surface area contributed by atoms with Crippen LogP contribution in [0.15, 0.2) is 22.6 Å². The fourth-order valence-electron chi connectivity index (χ4n) is 0.739. The Labute approximate surface area is 69.2 Å². The van der Waals surface area contributed by atoms with Crippen molar-refractivity contribution in [2.45, 2.75) is 13.8 Å². The van der Waals surface area contributed by atoms with Gasteiger partial charge in [-0.15, -0.1) is 4.33 Å². The van der Waals surface area contributed by atoms with Gasteiger partial charge in [0.25, 0.3) is 0 Å². The van der Waals surface area contributed by atoms with E-state index < -0.39 is 5.97 Å². The smallest absolute Gasteiger partial charge is 0.280 e. The van der Waals surface area contributed by atoms with Crippen LogP contribution in [0.2, 0.25) is 0 Å². The van der Waals surface area contributed by atoms with E-state index in [1.165, 1.54) is 0 Å². The van der Waals surface area contributed by atoms with Gasteiger partial charge < -0.3 is 0 Å². The highest BCUT2D eigenvalue weighted by molar-refractivity contribution is 7.98. The molecule has 1 rings (SSSR count). The van der Waals surface area contributed by atoms with Crippen LogP contribution >= 0.6 is 12.0 Å². The van der Waals surface area contributed by atoms with E-state index >= 15 is 0 Å². The normalized spacial score (nSPS) is 25.8. The molecule has 0 aliphatic carbocycles. The van der Waals surface area contributed by atoms with Gasteiger partial charge >= 0.3 is 5.97 Å². The van der Waals surface area contributed by atoms with E-state index in [0.29, 0.717) is 5.57 Å². The molecule has 3 nitrogen and oxygen atoms in total. The summed E-state index contributed by atoms with van der Waals surface area (Å²) < 4.78 is 4.48. The molecule has 1 heterocycles. The average Bonchev–Trinajstić information content (AvgIpc) is 2.04. The second kappa shape index (κ2) is 3.59. The molecular formula is C7H8O3S. The van der Waals surface area contributed by atoms with Gasteiger partial charge in [-0.1, -0.05) is 12.2 Å². The van der Waals surface area contributed by atoms with E-state index in [4.69, 9.17) is 0 Å². The number of hydrogen-bond donors (Lipinski definition) is 0. The monoisotopic (exact) mass is 172 g/mol. The maximum atomic E-state index is 10.9. The fourth-order valence-corrected chi connectivity index (χ4v) is 1.29. The zero-order valence-corrected chi connectivity index (χ0v) is 7.10. The van der Waals surface area contributed by atoms with Gasteiger partial charge in [0, 0.05) is 4.91 Å². The van der Waals surface area contributed by atoms with E-state index in [1.807, 2.05) is 6.92 Å². The Hall–Kier alpha value is -0.740. The highest BCUT2D eigenvalue weighted by Crippen LogP contribution is 2.30. The summed E-state index contributed by atoms with van der Waals surface area (Å²) in [5, 5.41) is 0. The van der Waals surface area contributed by atoms with Crippen LogP contribution in [-0.4, -0.2) is 5.97 Å². The van der Waals surface area contributed by atoms with Crippen molar-refractivity contribution in [3.63, 3.8) is 0 Å². The zero-order chi connectivity index (χ0) is 8.27. The molecule has 0 bridgehead atoms. The maximum Gasteiger partial charge on any atom is 0.375 e. The van der Waals surface area contributed by atoms with E-state index in [-0.39, 0.29) is 0 Å². The molecule has 1 aliphatic heterocycles. The van der Waals surface area contributed by atoms with Crippen molar-refractivity contribution in [3.05, 3.63) is 22.6 Å². The molecule has 60 valence electrons. The van der Waals surface area contributed by atoms with Crippen LogP contribution < -0.4 is 0 Å².